The van der Waals surface area contributed by atoms with Crippen molar-refractivity contribution in [2.75, 3.05) is 0 Å². The van der Waals surface area contributed by atoms with Crippen LogP contribution in [0.5, 0.6) is 0 Å². The topological polar surface area (TPSA) is 69.3 Å². The number of fused-ring (bicyclic) bond motifs is 1. The highest BCUT2D eigenvalue weighted by Gasteiger charge is 2.26. The molecule has 0 aliphatic rings. The second kappa shape index (κ2) is 4.75. The normalized spacial score (nSPS) is 12.1. The summed E-state index contributed by atoms with van der Waals surface area (Å²) < 4.78 is 28.3. The summed E-state index contributed by atoms with van der Waals surface area (Å²) in [6.07, 6.45) is 2.44. The fraction of sp³-hybridized carbons (Fsp3) is 0.231. The molecule has 0 fully saturated rings. The average molecular weight is 290 g/mol. The molecule has 0 unspecified atom stereocenters. The van der Waals surface area contributed by atoms with Gasteiger partial charge in [-0.2, -0.15) is 9.61 Å². The third-order valence-electron chi connectivity index (χ3n) is 3.00. The van der Waals surface area contributed by atoms with Crippen LogP contribution in [-0.2, 0) is 16.4 Å². The van der Waals surface area contributed by atoms with Crippen LogP contribution < -0.4 is 0 Å². The summed E-state index contributed by atoms with van der Waals surface area (Å²) in [5.74, 6) is 0. The molecule has 0 aliphatic carbocycles. The van der Waals surface area contributed by atoms with Crippen LogP contribution >= 0.6 is 0 Å². The molecule has 6 nitrogen and oxygen atoms in total. The maximum atomic E-state index is 12.6. The van der Waals surface area contributed by atoms with Crippen molar-refractivity contribution in [1.82, 2.24) is 19.4 Å². The van der Waals surface area contributed by atoms with E-state index in [1.54, 1.807) is 47.3 Å². The van der Waals surface area contributed by atoms with Crippen LogP contribution in [-0.4, -0.2) is 27.8 Å². The molecule has 0 spiro atoms. The van der Waals surface area contributed by atoms with Gasteiger partial charge in [-0.15, -0.1) is 5.10 Å². The van der Waals surface area contributed by atoms with Crippen LogP contribution in [0.1, 0.15) is 13.3 Å². The number of aryl methyl sites for hydroxylation is 1. The Labute approximate surface area is 116 Å². The fourth-order valence-electron chi connectivity index (χ4n) is 2.09. The number of sulfone groups is 1. The standard InChI is InChI=1S/C13H14N4O2S/c1-2-10-16-12-8-9-14-17(12)13(15-16)20(18,19)11-6-4-3-5-7-11/h3-9H,2,10H2,1H3. The van der Waals surface area contributed by atoms with E-state index in [1.807, 2.05) is 6.92 Å². The average Bonchev–Trinajstić information content (AvgIpc) is 3.04. The van der Waals surface area contributed by atoms with E-state index in [4.69, 9.17) is 0 Å². The molecular weight excluding hydrogens is 276 g/mol. The van der Waals surface area contributed by atoms with E-state index in [0.717, 1.165) is 6.42 Å². The highest BCUT2D eigenvalue weighted by Crippen LogP contribution is 2.20. The van der Waals surface area contributed by atoms with E-state index in [0.29, 0.717) is 12.2 Å². The Bertz CT molecular complexity index is 834. The third kappa shape index (κ3) is 1.90. The summed E-state index contributed by atoms with van der Waals surface area (Å²) in [6, 6.07) is 10.0. The Balaban J connectivity index is 2.22. The van der Waals surface area contributed by atoms with Gasteiger partial charge in [-0.05, 0) is 18.6 Å². The first-order valence-corrected chi connectivity index (χ1v) is 7.83. The van der Waals surface area contributed by atoms with Crippen molar-refractivity contribution in [2.24, 2.45) is 0 Å². The molecule has 7 heteroatoms. The quantitative estimate of drug-likeness (QED) is 0.734. The lowest BCUT2D eigenvalue weighted by molar-refractivity contribution is 0.565. The van der Waals surface area contributed by atoms with Crippen molar-refractivity contribution >= 4 is 15.5 Å². The van der Waals surface area contributed by atoms with Crippen LogP contribution in [0.25, 0.3) is 5.65 Å². The van der Waals surface area contributed by atoms with Crippen molar-refractivity contribution < 1.29 is 8.42 Å². The molecule has 3 rings (SSSR count). The summed E-state index contributed by atoms with van der Waals surface area (Å²) in [5, 5.41) is 8.24. The summed E-state index contributed by atoms with van der Waals surface area (Å²) in [5.41, 5.74) is 0.682. The van der Waals surface area contributed by atoms with Gasteiger partial charge >= 0.3 is 0 Å². The Morgan fingerprint density at radius 1 is 1.15 bits per heavy atom. The summed E-state index contributed by atoms with van der Waals surface area (Å²) in [4.78, 5) is 0.221. The maximum absolute atomic E-state index is 12.6. The van der Waals surface area contributed by atoms with Gasteiger partial charge in [0.25, 0.3) is 5.16 Å². The molecule has 3 aromatic rings. The molecule has 0 atom stereocenters. The third-order valence-corrected chi connectivity index (χ3v) is 4.63. The predicted molar refractivity (Wildman–Crippen MR) is 73.2 cm³/mol. The van der Waals surface area contributed by atoms with Gasteiger partial charge in [0.05, 0.1) is 11.1 Å². The minimum Gasteiger partial charge on any atom is -0.245 e. The Morgan fingerprint density at radius 2 is 1.90 bits per heavy atom. The zero-order valence-corrected chi connectivity index (χ0v) is 11.8. The maximum Gasteiger partial charge on any atom is 0.273 e. The SMILES string of the molecule is CCCn1nc(S(=O)(=O)c2ccccc2)n2nccc12. The lowest BCUT2D eigenvalue weighted by Gasteiger charge is -2.00. The van der Waals surface area contributed by atoms with Crippen molar-refractivity contribution in [2.45, 2.75) is 29.9 Å². The van der Waals surface area contributed by atoms with Gasteiger partial charge in [0.1, 0.15) is 0 Å². The van der Waals surface area contributed by atoms with E-state index in [2.05, 4.69) is 10.2 Å². The monoisotopic (exact) mass is 290 g/mol. The van der Waals surface area contributed by atoms with Crippen LogP contribution in [0.2, 0.25) is 0 Å². The van der Waals surface area contributed by atoms with Crippen LogP contribution in [0, 0.1) is 0 Å². The number of benzene rings is 1. The number of rotatable bonds is 4. The first-order valence-electron chi connectivity index (χ1n) is 6.35. The highest BCUT2D eigenvalue weighted by atomic mass is 32.2. The summed E-state index contributed by atoms with van der Waals surface area (Å²) in [7, 11) is -3.66. The molecule has 0 N–H and O–H groups in total. The molecule has 20 heavy (non-hydrogen) atoms. The number of nitrogens with zero attached hydrogens (tertiary/aromatic N) is 4. The van der Waals surface area contributed by atoms with Gasteiger partial charge < -0.3 is 0 Å². The summed E-state index contributed by atoms with van der Waals surface area (Å²) in [6.45, 7) is 2.67. The Hall–Kier alpha value is -2.15. The molecule has 0 aliphatic heterocycles. The molecule has 2 heterocycles. The molecule has 0 radical (unpaired) electrons. The van der Waals surface area contributed by atoms with E-state index in [-0.39, 0.29) is 10.1 Å². The van der Waals surface area contributed by atoms with Gasteiger partial charge in [0, 0.05) is 12.6 Å². The smallest absolute Gasteiger partial charge is 0.245 e. The van der Waals surface area contributed by atoms with Crippen molar-refractivity contribution in [3.63, 3.8) is 0 Å². The van der Waals surface area contributed by atoms with Gasteiger partial charge in [0.2, 0.25) is 9.84 Å². The lowest BCUT2D eigenvalue weighted by Crippen LogP contribution is -2.08. The lowest BCUT2D eigenvalue weighted by atomic mass is 10.4. The van der Waals surface area contributed by atoms with Crippen LogP contribution in [0.15, 0.2) is 52.6 Å². The first kappa shape index (κ1) is 12.9. The van der Waals surface area contributed by atoms with E-state index in [9.17, 15) is 8.42 Å². The van der Waals surface area contributed by atoms with Gasteiger partial charge in [-0.1, -0.05) is 25.1 Å². The second-order valence-electron chi connectivity index (χ2n) is 4.42. The molecule has 0 amide bonds. The molecule has 0 saturated heterocycles. The Kier molecular flexibility index (Phi) is 3.06. The zero-order chi connectivity index (χ0) is 14.2. The van der Waals surface area contributed by atoms with E-state index >= 15 is 0 Å². The van der Waals surface area contributed by atoms with Crippen molar-refractivity contribution in [3.05, 3.63) is 42.6 Å². The van der Waals surface area contributed by atoms with Gasteiger partial charge in [-0.3, -0.25) is 0 Å². The molecule has 104 valence electrons. The predicted octanol–water partition coefficient (Wildman–Crippen LogP) is 1.77. The van der Waals surface area contributed by atoms with Crippen LogP contribution in [0.4, 0.5) is 0 Å². The van der Waals surface area contributed by atoms with Crippen LogP contribution in [0.3, 0.4) is 0 Å². The molecular formula is C13H14N4O2S. The molecule has 0 bridgehead atoms. The minimum atomic E-state index is -3.66. The minimum absolute atomic E-state index is 0.0443. The molecule has 0 saturated carbocycles. The van der Waals surface area contributed by atoms with Gasteiger partial charge in [-0.25, -0.2) is 13.1 Å². The van der Waals surface area contributed by atoms with Crippen molar-refractivity contribution in [1.29, 1.82) is 0 Å². The Morgan fingerprint density at radius 3 is 2.60 bits per heavy atom. The summed E-state index contributed by atoms with van der Waals surface area (Å²) >= 11 is 0. The highest BCUT2D eigenvalue weighted by molar-refractivity contribution is 7.91. The first-order chi connectivity index (χ1) is 9.64. The van der Waals surface area contributed by atoms with Crippen molar-refractivity contribution in [3.8, 4) is 0 Å². The largest absolute Gasteiger partial charge is 0.273 e. The fourth-order valence-corrected chi connectivity index (χ4v) is 3.39. The molecule has 2 aromatic heterocycles. The number of hydrogen-bond donors (Lipinski definition) is 0. The number of aromatic nitrogens is 4. The zero-order valence-electron chi connectivity index (χ0n) is 11.0. The van der Waals surface area contributed by atoms with Gasteiger partial charge in [0.15, 0.2) is 5.65 Å². The second-order valence-corrected chi connectivity index (χ2v) is 6.27. The van der Waals surface area contributed by atoms with E-state index in [1.165, 1.54) is 4.52 Å². The molecule has 1 aromatic carbocycles. The number of hydrogen-bond acceptors (Lipinski definition) is 4. The van der Waals surface area contributed by atoms with E-state index < -0.39 is 9.84 Å².